The van der Waals surface area contributed by atoms with Crippen LogP contribution in [0.5, 0.6) is 17.2 Å². The lowest BCUT2D eigenvalue weighted by atomic mass is 9.98. The van der Waals surface area contributed by atoms with Gasteiger partial charge >= 0.3 is 0 Å². The molecule has 10 heteroatoms. The normalized spacial score (nSPS) is 14.9. The first-order valence-corrected chi connectivity index (χ1v) is 12.9. The van der Waals surface area contributed by atoms with Crippen molar-refractivity contribution < 1.29 is 27.8 Å². The molecule has 6 rings (SSSR count). The third kappa shape index (κ3) is 4.41. The number of benzene rings is 3. The molecule has 208 valence electrons. The van der Waals surface area contributed by atoms with E-state index in [-0.39, 0.29) is 5.91 Å². The highest BCUT2D eigenvalue weighted by Crippen LogP contribution is 2.42. The molecule has 0 aliphatic carbocycles. The van der Waals surface area contributed by atoms with Crippen molar-refractivity contribution in [2.24, 2.45) is 5.10 Å². The molecule has 0 spiro atoms. The molecule has 8 nitrogen and oxygen atoms in total. The molecular weight excluding hydrogens is 530 g/mol. The van der Waals surface area contributed by atoms with Crippen molar-refractivity contribution in [3.05, 3.63) is 83.6 Å². The fraction of sp³-hybridized carbons (Fsp3) is 0.194. The van der Waals surface area contributed by atoms with Crippen LogP contribution < -0.4 is 14.2 Å². The van der Waals surface area contributed by atoms with E-state index >= 15 is 0 Å². The van der Waals surface area contributed by atoms with Crippen LogP contribution in [0.15, 0.2) is 65.8 Å². The lowest BCUT2D eigenvalue weighted by molar-refractivity contribution is -0.130. The zero-order valence-corrected chi connectivity index (χ0v) is 22.8. The van der Waals surface area contributed by atoms with E-state index in [1.165, 1.54) is 39.3 Å². The fourth-order valence-corrected chi connectivity index (χ4v) is 5.34. The predicted octanol–water partition coefficient (Wildman–Crippen LogP) is 6.38. The summed E-state index contributed by atoms with van der Waals surface area (Å²) in [6, 6.07) is 16.4. The number of halogens is 2. The molecule has 0 saturated carbocycles. The molecule has 0 saturated heterocycles. The van der Waals surface area contributed by atoms with Crippen LogP contribution in [0.1, 0.15) is 30.6 Å². The molecule has 2 aromatic heterocycles. The van der Waals surface area contributed by atoms with Gasteiger partial charge < -0.3 is 19.2 Å². The first-order chi connectivity index (χ1) is 19.8. The summed E-state index contributed by atoms with van der Waals surface area (Å²) in [7, 11) is 4.59. The Morgan fingerprint density at radius 2 is 1.63 bits per heavy atom. The number of pyridine rings is 1. The standard InChI is InChI=1S/C31H26F2N4O4/c1-16(38)37-26(15-24(36-37)18-12-27(39-2)31(41-4)28(13-18)40-3)25-14-20-19-7-5-6-8-23(19)34-30(20)29(35-25)17-9-10-21(32)22(33)11-17/h5-14,26,34H,15H2,1-4H3. The topological polar surface area (TPSA) is 89.0 Å². The van der Waals surface area contributed by atoms with Crippen molar-refractivity contribution in [2.45, 2.75) is 19.4 Å². The average molecular weight is 557 g/mol. The number of rotatable bonds is 6. The first kappa shape index (κ1) is 26.2. The monoisotopic (exact) mass is 556 g/mol. The van der Waals surface area contributed by atoms with Crippen LogP contribution >= 0.6 is 0 Å². The van der Waals surface area contributed by atoms with E-state index in [1.807, 2.05) is 30.3 Å². The number of carbonyl (C=O) groups excluding carboxylic acids is 1. The van der Waals surface area contributed by atoms with Crippen LogP contribution in [-0.4, -0.2) is 47.9 Å². The average Bonchev–Trinajstić information content (AvgIpc) is 3.60. The number of aromatic amines is 1. The van der Waals surface area contributed by atoms with Crippen molar-refractivity contribution in [3.8, 4) is 28.5 Å². The highest BCUT2D eigenvalue weighted by molar-refractivity contribution is 6.11. The Labute approximate surface area is 234 Å². The van der Waals surface area contributed by atoms with Crippen LogP contribution in [-0.2, 0) is 4.79 Å². The van der Waals surface area contributed by atoms with Crippen molar-refractivity contribution in [2.75, 3.05) is 21.3 Å². The van der Waals surface area contributed by atoms with Crippen LogP contribution in [0.2, 0.25) is 0 Å². The Bertz CT molecular complexity index is 1840. The number of para-hydroxylation sites is 1. The molecule has 1 amide bonds. The van der Waals surface area contributed by atoms with E-state index in [2.05, 4.69) is 10.1 Å². The van der Waals surface area contributed by atoms with Crippen LogP contribution in [0.3, 0.4) is 0 Å². The number of H-pyrrole nitrogens is 1. The van der Waals surface area contributed by atoms with E-state index in [0.717, 1.165) is 28.4 Å². The maximum absolute atomic E-state index is 14.3. The second kappa shape index (κ2) is 10.2. The van der Waals surface area contributed by atoms with Crippen molar-refractivity contribution in [1.29, 1.82) is 0 Å². The number of hydrazone groups is 1. The molecule has 0 fully saturated rings. The summed E-state index contributed by atoms with van der Waals surface area (Å²) in [4.78, 5) is 21.1. The van der Waals surface area contributed by atoms with E-state index < -0.39 is 17.7 Å². The second-order valence-electron chi connectivity index (χ2n) is 9.66. The van der Waals surface area contributed by atoms with Crippen LogP contribution in [0, 0.1) is 11.6 Å². The number of aromatic nitrogens is 2. The first-order valence-electron chi connectivity index (χ1n) is 12.9. The highest BCUT2D eigenvalue weighted by atomic mass is 19.2. The number of nitrogens with one attached hydrogen (secondary N) is 1. The molecule has 1 atom stereocenters. The number of amides is 1. The predicted molar refractivity (Wildman–Crippen MR) is 151 cm³/mol. The van der Waals surface area contributed by atoms with Gasteiger partial charge in [-0.15, -0.1) is 0 Å². The van der Waals surface area contributed by atoms with E-state index in [9.17, 15) is 13.6 Å². The Morgan fingerprint density at radius 1 is 0.902 bits per heavy atom. The Hall–Kier alpha value is -4.99. The summed E-state index contributed by atoms with van der Waals surface area (Å²) in [6.07, 6.45) is 0.344. The number of hydrogen-bond donors (Lipinski definition) is 1. The quantitative estimate of drug-likeness (QED) is 0.262. The maximum Gasteiger partial charge on any atom is 0.240 e. The smallest absolute Gasteiger partial charge is 0.240 e. The zero-order valence-electron chi connectivity index (χ0n) is 22.8. The summed E-state index contributed by atoms with van der Waals surface area (Å²) >= 11 is 0. The fourth-order valence-electron chi connectivity index (χ4n) is 5.34. The van der Waals surface area contributed by atoms with Gasteiger partial charge in [0.25, 0.3) is 0 Å². The van der Waals surface area contributed by atoms with Gasteiger partial charge in [0.15, 0.2) is 23.1 Å². The molecule has 3 heterocycles. The number of carbonyl (C=O) groups is 1. The molecule has 5 aromatic rings. The molecule has 1 unspecified atom stereocenters. The summed E-state index contributed by atoms with van der Waals surface area (Å²) in [6.45, 7) is 1.44. The lowest BCUT2D eigenvalue weighted by Gasteiger charge is -2.20. The van der Waals surface area contributed by atoms with Gasteiger partial charge in [0.2, 0.25) is 11.7 Å². The van der Waals surface area contributed by atoms with Gasteiger partial charge in [-0.25, -0.2) is 18.8 Å². The maximum atomic E-state index is 14.3. The summed E-state index contributed by atoms with van der Waals surface area (Å²) in [5, 5.41) is 7.85. The Morgan fingerprint density at radius 3 is 2.29 bits per heavy atom. The van der Waals surface area contributed by atoms with Gasteiger partial charge in [-0.3, -0.25) is 4.79 Å². The molecular formula is C31H26F2N4O4. The molecule has 1 aliphatic heterocycles. The number of fused-ring (bicyclic) bond motifs is 3. The number of nitrogens with zero attached hydrogens (tertiary/aromatic N) is 3. The third-order valence-electron chi connectivity index (χ3n) is 7.28. The van der Waals surface area contributed by atoms with E-state index in [4.69, 9.17) is 19.2 Å². The van der Waals surface area contributed by atoms with Crippen LogP contribution in [0.4, 0.5) is 8.78 Å². The lowest BCUT2D eigenvalue weighted by Crippen LogP contribution is -2.25. The van der Waals surface area contributed by atoms with Gasteiger partial charge in [0.05, 0.1) is 43.9 Å². The van der Waals surface area contributed by atoms with Crippen LogP contribution in [0.25, 0.3) is 33.1 Å². The van der Waals surface area contributed by atoms with E-state index in [0.29, 0.717) is 57.4 Å². The SMILES string of the molecule is COc1cc(C2=NN(C(C)=O)C(c3cc4c([nH]c5ccccc54)c(-c4ccc(F)c(F)c4)n3)C2)cc(OC)c1OC. The van der Waals surface area contributed by atoms with Gasteiger partial charge in [0, 0.05) is 40.8 Å². The molecule has 1 N–H and O–H groups in total. The van der Waals surface area contributed by atoms with Gasteiger partial charge in [-0.1, -0.05) is 18.2 Å². The molecule has 0 bridgehead atoms. The largest absolute Gasteiger partial charge is 0.493 e. The Kier molecular flexibility index (Phi) is 6.53. The third-order valence-corrected chi connectivity index (χ3v) is 7.28. The molecule has 3 aromatic carbocycles. The van der Waals surface area contributed by atoms with Gasteiger partial charge in [-0.05, 0) is 42.5 Å². The zero-order chi connectivity index (χ0) is 28.8. The Balaban J connectivity index is 1.51. The van der Waals surface area contributed by atoms with Crippen molar-refractivity contribution in [3.63, 3.8) is 0 Å². The van der Waals surface area contributed by atoms with Gasteiger partial charge in [0.1, 0.15) is 6.04 Å². The highest BCUT2D eigenvalue weighted by Gasteiger charge is 2.34. The minimum atomic E-state index is -0.974. The summed E-state index contributed by atoms with van der Waals surface area (Å²) in [5.41, 5.74) is 4.27. The van der Waals surface area contributed by atoms with Crippen molar-refractivity contribution >= 4 is 33.4 Å². The molecule has 41 heavy (non-hydrogen) atoms. The second-order valence-corrected chi connectivity index (χ2v) is 9.66. The number of methoxy groups -OCH3 is 3. The molecule has 1 aliphatic rings. The van der Waals surface area contributed by atoms with E-state index in [1.54, 1.807) is 12.1 Å². The summed E-state index contributed by atoms with van der Waals surface area (Å²) in [5.74, 6) is -0.826. The van der Waals surface area contributed by atoms with Crippen molar-refractivity contribution in [1.82, 2.24) is 15.0 Å². The number of hydrogen-bond acceptors (Lipinski definition) is 6. The minimum Gasteiger partial charge on any atom is -0.493 e. The minimum absolute atomic E-state index is 0.271. The molecule has 0 radical (unpaired) electrons. The summed E-state index contributed by atoms with van der Waals surface area (Å²) < 4.78 is 44.7. The number of ether oxygens (including phenoxy) is 3. The van der Waals surface area contributed by atoms with Gasteiger partial charge in [-0.2, -0.15) is 5.10 Å².